The first-order valence-corrected chi connectivity index (χ1v) is 6.82. The lowest BCUT2D eigenvalue weighted by Crippen LogP contribution is -2.59. The number of fused-ring (bicyclic) bond motifs is 1. The molecule has 0 radical (unpaired) electrons. The van der Waals surface area contributed by atoms with Gasteiger partial charge in [0.05, 0.1) is 5.71 Å². The molecule has 3 amide bonds. The predicted molar refractivity (Wildman–Crippen MR) is 79.4 cm³/mol. The van der Waals surface area contributed by atoms with Gasteiger partial charge in [-0.2, -0.15) is 0 Å². The number of imide groups is 1. The minimum absolute atomic E-state index is 0.283. The lowest BCUT2D eigenvalue weighted by molar-refractivity contribution is -0.128. The van der Waals surface area contributed by atoms with Gasteiger partial charge in [0.2, 0.25) is 5.91 Å². The van der Waals surface area contributed by atoms with Crippen molar-refractivity contribution in [1.29, 1.82) is 0 Å². The third kappa shape index (κ3) is 2.73. The Bertz CT molecular complexity index is 550. The zero-order valence-electron chi connectivity index (χ0n) is 12.8. The van der Waals surface area contributed by atoms with E-state index in [2.05, 4.69) is 9.98 Å². The van der Waals surface area contributed by atoms with Gasteiger partial charge >= 0.3 is 6.03 Å². The highest BCUT2D eigenvalue weighted by molar-refractivity contribution is 6.33. The standard InChI is InChI=1S/C14H20N4O3/c1-9-8-16-12-10(11(9)15-6-5-7-21-4)13(19)18(3)14(20)17(12)2/h8,10H,5-7H2,1-4H3. The van der Waals surface area contributed by atoms with Gasteiger partial charge in [0.25, 0.3) is 0 Å². The van der Waals surface area contributed by atoms with Crippen LogP contribution in [0, 0.1) is 5.92 Å². The van der Waals surface area contributed by atoms with Crippen LogP contribution < -0.4 is 0 Å². The summed E-state index contributed by atoms with van der Waals surface area (Å²) in [7, 11) is 4.74. The highest BCUT2D eigenvalue weighted by atomic mass is 16.5. The van der Waals surface area contributed by atoms with Crippen molar-refractivity contribution >= 4 is 23.5 Å². The molecule has 1 atom stereocenters. The van der Waals surface area contributed by atoms with Gasteiger partial charge in [-0.15, -0.1) is 0 Å². The lowest BCUT2D eigenvalue weighted by atomic mass is 9.91. The van der Waals surface area contributed by atoms with E-state index in [1.165, 1.54) is 11.9 Å². The molecule has 2 aliphatic heterocycles. The number of amides is 3. The summed E-state index contributed by atoms with van der Waals surface area (Å²) in [5, 5.41) is 0. The highest BCUT2D eigenvalue weighted by Gasteiger charge is 2.44. The molecule has 1 saturated heterocycles. The zero-order valence-corrected chi connectivity index (χ0v) is 12.8. The second-order valence-corrected chi connectivity index (χ2v) is 5.08. The van der Waals surface area contributed by atoms with E-state index in [0.717, 1.165) is 16.9 Å². The van der Waals surface area contributed by atoms with Crippen LogP contribution in [0.3, 0.4) is 0 Å². The monoisotopic (exact) mass is 292 g/mol. The maximum Gasteiger partial charge on any atom is 0.331 e. The summed E-state index contributed by atoms with van der Waals surface area (Å²) in [6, 6.07) is -0.373. The second-order valence-electron chi connectivity index (χ2n) is 5.08. The number of carbonyl (C=O) groups is 2. The average molecular weight is 292 g/mol. The summed E-state index contributed by atoms with van der Waals surface area (Å²) < 4.78 is 5.00. The fraction of sp³-hybridized carbons (Fsp3) is 0.571. The number of hydrogen-bond acceptors (Lipinski definition) is 5. The maximum absolute atomic E-state index is 12.4. The molecule has 0 saturated carbocycles. The number of ether oxygens (including phenoxy) is 1. The van der Waals surface area contributed by atoms with Gasteiger partial charge in [0, 0.05) is 40.6 Å². The molecule has 114 valence electrons. The van der Waals surface area contributed by atoms with Crippen molar-refractivity contribution < 1.29 is 14.3 Å². The van der Waals surface area contributed by atoms with Crippen LogP contribution in [0.25, 0.3) is 0 Å². The van der Waals surface area contributed by atoms with Crippen molar-refractivity contribution in [1.82, 2.24) is 9.80 Å². The number of carbonyl (C=O) groups excluding carboxylic acids is 2. The van der Waals surface area contributed by atoms with Crippen molar-refractivity contribution in [2.24, 2.45) is 15.9 Å². The van der Waals surface area contributed by atoms with E-state index >= 15 is 0 Å². The summed E-state index contributed by atoms with van der Waals surface area (Å²) in [6.07, 6.45) is 2.44. The van der Waals surface area contributed by atoms with Crippen molar-refractivity contribution in [3.05, 3.63) is 11.8 Å². The van der Waals surface area contributed by atoms with Crippen LogP contribution in [0.1, 0.15) is 13.3 Å². The van der Waals surface area contributed by atoms with Gasteiger partial charge in [0.1, 0.15) is 11.8 Å². The van der Waals surface area contributed by atoms with Crippen molar-refractivity contribution in [2.45, 2.75) is 13.3 Å². The van der Waals surface area contributed by atoms with Crippen molar-refractivity contribution in [3.8, 4) is 0 Å². The SMILES string of the molecule is COCCCN=C1C(C)=CN=C2C1C(=O)N(C)C(=O)N2C. The molecule has 0 bridgehead atoms. The molecule has 0 aliphatic carbocycles. The average Bonchev–Trinajstić information content (AvgIpc) is 2.48. The fourth-order valence-electron chi connectivity index (χ4n) is 2.40. The summed E-state index contributed by atoms with van der Waals surface area (Å²) in [4.78, 5) is 35.7. The Morgan fingerprint density at radius 3 is 2.71 bits per heavy atom. The molecule has 0 N–H and O–H groups in total. The number of hydrogen-bond donors (Lipinski definition) is 0. The normalized spacial score (nSPS) is 24.2. The third-order valence-corrected chi connectivity index (χ3v) is 3.61. The topological polar surface area (TPSA) is 74.6 Å². The molecule has 0 spiro atoms. The summed E-state index contributed by atoms with van der Waals surface area (Å²) >= 11 is 0. The molecule has 2 heterocycles. The third-order valence-electron chi connectivity index (χ3n) is 3.61. The molecular formula is C14H20N4O3. The Morgan fingerprint density at radius 2 is 2.05 bits per heavy atom. The van der Waals surface area contributed by atoms with Crippen LogP contribution in [0.2, 0.25) is 0 Å². The lowest BCUT2D eigenvalue weighted by Gasteiger charge is -2.37. The molecule has 1 fully saturated rings. The number of nitrogens with zero attached hydrogens (tertiary/aromatic N) is 4. The van der Waals surface area contributed by atoms with E-state index in [0.29, 0.717) is 24.7 Å². The summed E-state index contributed by atoms with van der Waals surface area (Å²) in [6.45, 7) is 3.07. The molecule has 2 aliphatic rings. The molecule has 0 aromatic carbocycles. The van der Waals surface area contributed by atoms with E-state index in [-0.39, 0.29) is 11.9 Å². The predicted octanol–water partition coefficient (Wildman–Crippen LogP) is 0.920. The molecule has 1 unspecified atom stereocenters. The van der Waals surface area contributed by atoms with E-state index in [9.17, 15) is 9.59 Å². The van der Waals surface area contributed by atoms with Gasteiger partial charge in [-0.05, 0) is 18.9 Å². The van der Waals surface area contributed by atoms with Crippen molar-refractivity contribution in [3.63, 3.8) is 0 Å². The first-order chi connectivity index (χ1) is 9.99. The number of allylic oxidation sites excluding steroid dienone is 1. The maximum atomic E-state index is 12.4. The molecule has 0 aromatic heterocycles. The van der Waals surface area contributed by atoms with Crippen LogP contribution >= 0.6 is 0 Å². The van der Waals surface area contributed by atoms with Gasteiger partial charge in [-0.1, -0.05) is 0 Å². The molecule has 7 heteroatoms. The van der Waals surface area contributed by atoms with Crippen LogP contribution in [0.4, 0.5) is 4.79 Å². The Hall–Kier alpha value is -2.02. The number of amidine groups is 1. The number of methoxy groups -OCH3 is 1. The zero-order chi connectivity index (χ0) is 15.6. The first-order valence-electron chi connectivity index (χ1n) is 6.82. The number of rotatable bonds is 4. The molecule has 21 heavy (non-hydrogen) atoms. The van der Waals surface area contributed by atoms with Crippen molar-refractivity contribution in [2.75, 3.05) is 34.4 Å². The van der Waals surface area contributed by atoms with E-state index in [1.54, 1.807) is 20.4 Å². The van der Waals surface area contributed by atoms with Crippen LogP contribution in [-0.4, -0.2) is 67.6 Å². The molecule has 2 rings (SSSR count). The van der Waals surface area contributed by atoms with Crippen LogP contribution in [0.5, 0.6) is 0 Å². The second kappa shape index (κ2) is 6.17. The highest BCUT2D eigenvalue weighted by Crippen LogP contribution is 2.25. The van der Waals surface area contributed by atoms with Crippen LogP contribution in [-0.2, 0) is 9.53 Å². The largest absolute Gasteiger partial charge is 0.385 e. The molecular weight excluding hydrogens is 272 g/mol. The van der Waals surface area contributed by atoms with Gasteiger partial charge in [0.15, 0.2) is 0 Å². The smallest absolute Gasteiger partial charge is 0.331 e. The van der Waals surface area contributed by atoms with E-state index in [1.807, 2.05) is 6.92 Å². The number of aliphatic imine (C=N–C) groups is 2. The van der Waals surface area contributed by atoms with Crippen LogP contribution in [0.15, 0.2) is 21.8 Å². The summed E-state index contributed by atoms with van der Waals surface area (Å²) in [5.74, 6) is -0.431. The number of urea groups is 1. The Balaban J connectivity index is 2.31. The molecule has 7 nitrogen and oxygen atoms in total. The molecule has 0 aromatic rings. The van der Waals surface area contributed by atoms with Gasteiger partial charge in [-0.25, -0.2) is 9.79 Å². The Kier molecular flexibility index (Phi) is 4.52. The van der Waals surface area contributed by atoms with E-state index in [4.69, 9.17) is 4.74 Å². The fourth-order valence-corrected chi connectivity index (χ4v) is 2.40. The quantitative estimate of drug-likeness (QED) is 0.723. The van der Waals surface area contributed by atoms with Gasteiger partial charge < -0.3 is 4.74 Å². The van der Waals surface area contributed by atoms with E-state index < -0.39 is 5.92 Å². The minimum Gasteiger partial charge on any atom is -0.385 e. The minimum atomic E-state index is -0.592. The van der Waals surface area contributed by atoms with Gasteiger partial charge in [-0.3, -0.25) is 19.6 Å². The Morgan fingerprint density at radius 1 is 1.33 bits per heavy atom. The summed E-state index contributed by atoms with van der Waals surface area (Å²) in [5.41, 5.74) is 1.54. The first kappa shape index (κ1) is 15.4. The Labute approximate surface area is 124 Å².